The van der Waals surface area contributed by atoms with Gasteiger partial charge in [-0.05, 0) is 38.7 Å². The van der Waals surface area contributed by atoms with Gasteiger partial charge >= 0.3 is 0 Å². The third kappa shape index (κ3) is 5.09. The van der Waals surface area contributed by atoms with Crippen molar-refractivity contribution in [3.63, 3.8) is 0 Å². The zero-order valence-electron chi connectivity index (χ0n) is 11.7. The molecule has 0 aliphatic carbocycles. The molecule has 0 spiro atoms. The summed E-state index contributed by atoms with van der Waals surface area (Å²) >= 11 is 0. The van der Waals surface area contributed by atoms with Gasteiger partial charge in [-0.25, -0.2) is 13.1 Å². The Balaban J connectivity index is 0.00000361. The highest BCUT2D eigenvalue weighted by molar-refractivity contribution is 7.89. The van der Waals surface area contributed by atoms with Gasteiger partial charge in [0.15, 0.2) is 0 Å². The third-order valence-corrected chi connectivity index (χ3v) is 4.19. The lowest BCUT2D eigenvalue weighted by Gasteiger charge is -2.10. The monoisotopic (exact) mass is 321 g/mol. The van der Waals surface area contributed by atoms with E-state index in [-0.39, 0.29) is 23.2 Å². The molecule has 8 heteroatoms. The Kier molecular flexibility index (Phi) is 7.74. The molecule has 0 aliphatic rings. The summed E-state index contributed by atoms with van der Waals surface area (Å²) < 4.78 is 25.9. The van der Waals surface area contributed by atoms with Gasteiger partial charge in [0.05, 0.1) is 4.90 Å². The highest BCUT2D eigenvalue weighted by Crippen LogP contribution is 2.19. The van der Waals surface area contributed by atoms with Crippen molar-refractivity contribution in [1.82, 2.24) is 10.0 Å². The van der Waals surface area contributed by atoms with Crippen molar-refractivity contribution >= 4 is 34.0 Å². The van der Waals surface area contributed by atoms with Crippen molar-refractivity contribution in [2.45, 2.75) is 18.2 Å². The number of hydrogen-bond donors (Lipinski definition) is 3. The van der Waals surface area contributed by atoms with Crippen LogP contribution in [0.3, 0.4) is 0 Å². The molecule has 0 atom stereocenters. The first-order chi connectivity index (χ1) is 8.90. The van der Waals surface area contributed by atoms with Crippen molar-refractivity contribution < 1.29 is 13.2 Å². The molecular formula is C12H20ClN3O3S. The van der Waals surface area contributed by atoms with Crippen LogP contribution >= 0.6 is 12.4 Å². The first-order valence-electron chi connectivity index (χ1n) is 5.89. The molecule has 0 bridgehead atoms. The fourth-order valence-electron chi connectivity index (χ4n) is 1.54. The second kappa shape index (κ2) is 8.21. The fraction of sp³-hybridized carbons (Fsp3) is 0.417. The van der Waals surface area contributed by atoms with Crippen molar-refractivity contribution in [1.29, 1.82) is 0 Å². The molecule has 1 amide bonds. The maximum absolute atomic E-state index is 11.8. The lowest BCUT2D eigenvalue weighted by molar-refractivity contribution is -0.116. The Morgan fingerprint density at radius 2 is 1.90 bits per heavy atom. The molecule has 0 fully saturated rings. The zero-order valence-corrected chi connectivity index (χ0v) is 13.3. The Morgan fingerprint density at radius 3 is 2.45 bits per heavy atom. The second-order valence-corrected chi connectivity index (χ2v) is 5.94. The van der Waals surface area contributed by atoms with Gasteiger partial charge in [0.2, 0.25) is 15.9 Å². The molecule has 1 aromatic rings. The van der Waals surface area contributed by atoms with Crippen LogP contribution in [0.2, 0.25) is 0 Å². The number of benzene rings is 1. The summed E-state index contributed by atoms with van der Waals surface area (Å²) in [5.74, 6) is -0.161. The number of rotatable bonds is 6. The van der Waals surface area contributed by atoms with E-state index >= 15 is 0 Å². The first kappa shape index (κ1) is 18.9. The van der Waals surface area contributed by atoms with Crippen LogP contribution in [0.1, 0.15) is 12.0 Å². The maximum atomic E-state index is 11.8. The molecule has 0 radical (unpaired) electrons. The van der Waals surface area contributed by atoms with Crippen LogP contribution in [0.25, 0.3) is 0 Å². The van der Waals surface area contributed by atoms with Gasteiger partial charge in [-0.3, -0.25) is 4.79 Å². The Morgan fingerprint density at radius 1 is 1.25 bits per heavy atom. The average molecular weight is 322 g/mol. The highest BCUT2D eigenvalue weighted by Gasteiger charge is 2.15. The molecule has 0 heterocycles. The van der Waals surface area contributed by atoms with Gasteiger partial charge in [0.1, 0.15) is 0 Å². The van der Waals surface area contributed by atoms with Crippen LogP contribution in [-0.4, -0.2) is 35.0 Å². The number of halogens is 1. The first-order valence-corrected chi connectivity index (χ1v) is 7.37. The SMILES string of the molecule is CNCCC(=O)Nc1ccc(C)c(S(=O)(=O)NC)c1.Cl. The molecule has 0 saturated carbocycles. The van der Waals surface area contributed by atoms with Gasteiger partial charge in [0.25, 0.3) is 0 Å². The zero-order chi connectivity index (χ0) is 14.5. The van der Waals surface area contributed by atoms with Crippen LogP contribution in [0, 0.1) is 6.92 Å². The summed E-state index contributed by atoms with van der Waals surface area (Å²) in [7, 11) is -0.403. The number of anilines is 1. The molecule has 0 saturated heterocycles. The standard InChI is InChI=1S/C12H19N3O3S.ClH/c1-9-4-5-10(15-12(16)6-7-13-2)8-11(9)19(17,18)14-3;/h4-5,8,13-14H,6-7H2,1-3H3,(H,15,16);1H. The summed E-state index contributed by atoms with van der Waals surface area (Å²) in [5.41, 5.74) is 1.10. The molecule has 6 nitrogen and oxygen atoms in total. The van der Waals surface area contributed by atoms with Crippen molar-refractivity contribution in [3.8, 4) is 0 Å². The molecule has 3 N–H and O–H groups in total. The molecule has 0 aliphatic heterocycles. The van der Waals surface area contributed by atoms with E-state index in [1.807, 2.05) is 0 Å². The van der Waals surface area contributed by atoms with E-state index in [0.717, 1.165) is 0 Å². The molecule has 0 aromatic heterocycles. The molecular weight excluding hydrogens is 302 g/mol. The molecule has 114 valence electrons. The number of sulfonamides is 1. The number of hydrogen-bond acceptors (Lipinski definition) is 4. The van der Waals surface area contributed by atoms with Crippen LogP contribution in [-0.2, 0) is 14.8 Å². The predicted octanol–water partition coefficient (Wildman–Crippen LogP) is 0.873. The molecule has 20 heavy (non-hydrogen) atoms. The van der Waals surface area contributed by atoms with Gasteiger partial charge in [-0.2, -0.15) is 0 Å². The van der Waals surface area contributed by atoms with Gasteiger partial charge in [0, 0.05) is 18.7 Å². The van der Waals surface area contributed by atoms with Crippen molar-refractivity contribution in [2.75, 3.05) is 26.0 Å². The Labute approximate surface area is 125 Å². The topological polar surface area (TPSA) is 87.3 Å². The van der Waals surface area contributed by atoms with E-state index in [9.17, 15) is 13.2 Å². The van der Waals surface area contributed by atoms with Gasteiger partial charge < -0.3 is 10.6 Å². The van der Waals surface area contributed by atoms with E-state index in [0.29, 0.717) is 24.2 Å². The third-order valence-electron chi connectivity index (χ3n) is 2.63. The van der Waals surface area contributed by atoms with E-state index < -0.39 is 10.0 Å². The largest absolute Gasteiger partial charge is 0.326 e. The number of nitrogens with one attached hydrogen (secondary N) is 3. The van der Waals surface area contributed by atoms with E-state index in [1.54, 1.807) is 26.1 Å². The summed E-state index contributed by atoms with van der Waals surface area (Å²) in [6.45, 7) is 2.27. The quantitative estimate of drug-likeness (QED) is 0.725. The smallest absolute Gasteiger partial charge is 0.240 e. The van der Waals surface area contributed by atoms with E-state index in [4.69, 9.17) is 0 Å². The van der Waals surface area contributed by atoms with Crippen LogP contribution in [0.5, 0.6) is 0 Å². The lowest BCUT2D eigenvalue weighted by atomic mass is 10.2. The minimum atomic E-state index is -3.52. The summed E-state index contributed by atoms with van der Waals surface area (Å²) in [4.78, 5) is 11.7. The lowest BCUT2D eigenvalue weighted by Crippen LogP contribution is -2.21. The number of carbonyl (C=O) groups is 1. The van der Waals surface area contributed by atoms with Crippen LogP contribution in [0.15, 0.2) is 23.1 Å². The molecule has 0 unspecified atom stereocenters. The maximum Gasteiger partial charge on any atom is 0.240 e. The molecule has 1 rings (SSSR count). The van der Waals surface area contributed by atoms with E-state index in [2.05, 4.69) is 15.4 Å². The van der Waals surface area contributed by atoms with Crippen molar-refractivity contribution in [3.05, 3.63) is 23.8 Å². The number of carbonyl (C=O) groups excluding carboxylic acids is 1. The summed E-state index contributed by atoms with van der Waals surface area (Å²) in [6, 6.07) is 4.80. The molecule has 1 aromatic carbocycles. The normalized spacial score (nSPS) is 10.8. The van der Waals surface area contributed by atoms with Crippen LogP contribution < -0.4 is 15.4 Å². The Hall–Kier alpha value is -1.15. The average Bonchev–Trinajstić information content (AvgIpc) is 2.38. The second-order valence-electron chi connectivity index (χ2n) is 4.09. The Bertz CT molecular complexity index is 561. The van der Waals surface area contributed by atoms with E-state index in [1.165, 1.54) is 13.1 Å². The van der Waals surface area contributed by atoms with Gasteiger partial charge in [-0.1, -0.05) is 6.07 Å². The number of amides is 1. The minimum Gasteiger partial charge on any atom is -0.326 e. The summed E-state index contributed by atoms with van der Waals surface area (Å²) in [6.07, 6.45) is 0.332. The number of aryl methyl sites for hydroxylation is 1. The minimum absolute atomic E-state index is 0. The predicted molar refractivity (Wildman–Crippen MR) is 81.8 cm³/mol. The highest BCUT2D eigenvalue weighted by atomic mass is 35.5. The van der Waals surface area contributed by atoms with Crippen molar-refractivity contribution in [2.24, 2.45) is 0 Å². The van der Waals surface area contributed by atoms with Crippen LogP contribution in [0.4, 0.5) is 5.69 Å². The van der Waals surface area contributed by atoms with Gasteiger partial charge in [-0.15, -0.1) is 12.4 Å². The summed E-state index contributed by atoms with van der Waals surface area (Å²) in [5, 5.41) is 5.54. The fourth-order valence-corrected chi connectivity index (χ4v) is 2.53.